The third kappa shape index (κ3) is 8.99. The lowest BCUT2D eigenvalue weighted by atomic mass is 9.99. The van der Waals surface area contributed by atoms with Crippen LogP contribution in [-0.4, -0.2) is 41.3 Å². The molecule has 1 aliphatic rings. The standard InChI is InChI=1S/C31H32F3N5O4S/c1-18(2)25-14-5-19(3)15-26(25)39-27(40)17-44-30(39)38-28(41)35-20(4)16-21-6-8-22(9-7-21)36-29(42)37-23-10-12-24(13-11-23)43-31(32,33)34/h5-15,18,20H,16-17H2,1-4H3,(H,35,41)(H2,36,37,42). The maximum atomic E-state index is 12.8. The van der Waals surface area contributed by atoms with Gasteiger partial charge in [-0.3, -0.25) is 9.69 Å². The molecular weight excluding hydrogens is 595 g/mol. The molecular formula is C31H32F3N5O4S. The summed E-state index contributed by atoms with van der Waals surface area (Å²) < 4.78 is 40.7. The topological polar surface area (TPSA) is 112 Å². The van der Waals surface area contributed by atoms with Crippen LogP contribution < -0.4 is 25.6 Å². The summed E-state index contributed by atoms with van der Waals surface area (Å²) in [4.78, 5) is 43.6. The van der Waals surface area contributed by atoms with Crippen LogP contribution in [-0.2, 0) is 11.2 Å². The Morgan fingerprint density at radius 3 is 2.18 bits per heavy atom. The number of thioether (sulfide) groups is 1. The smallest absolute Gasteiger partial charge is 0.406 e. The van der Waals surface area contributed by atoms with Crippen molar-refractivity contribution in [2.75, 3.05) is 21.3 Å². The minimum Gasteiger partial charge on any atom is -0.406 e. The molecule has 4 rings (SSSR count). The van der Waals surface area contributed by atoms with Crippen LogP contribution in [0.2, 0.25) is 0 Å². The third-order valence-electron chi connectivity index (χ3n) is 6.48. The lowest BCUT2D eigenvalue weighted by Gasteiger charge is -2.22. The van der Waals surface area contributed by atoms with Crippen molar-refractivity contribution in [1.82, 2.24) is 5.32 Å². The van der Waals surface area contributed by atoms with Gasteiger partial charge in [-0.2, -0.15) is 4.99 Å². The van der Waals surface area contributed by atoms with Crippen molar-refractivity contribution in [2.45, 2.75) is 52.4 Å². The van der Waals surface area contributed by atoms with Crippen molar-refractivity contribution in [1.29, 1.82) is 0 Å². The van der Waals surface area contributed by atoms with Crippen molar-refractivity contribution in [3.05, 3.63) is 83.4 Å². The van der Waals surface area contributed by atoms with Crippen LogP contribution >= 0.6 is 11.8 Å². The van der Waals surface area contributed by atoms with Gasteiger partial charge < -0.3 is 20.7 Å². The number of rotatable bonds is 8. The number of benzene rings is 3. The van der Waals surface area contributed by atoms with E-state index in [2.05, 4.69) is 25.7 Å². The van der Waals surface area contributed by atoms with Crippen molar-refractivity contribution in [3.8, 4) is 5.75 Å². The van der Waals surface area contributed by atoms with E-state index in [1.807, 2.05) is 45.9 Å². The second-order valence-electron chi connectivity index (χ2n) is 10.5. The summed E-state index contributed by atoms with van der Waals surface area (Å²) in [5.41, 5.74) is 4.41. The normalized spacial score (nSPS) is 15.0. The first-order chi connectivity index (χ1) is 20.8. The second-order valence-corrected chi connectivity index (χ2v) is 11.5. The largest absolute Gasteiger partial charge is 0.573 e. The zero-order valence-electron chi connectivity index (χ0n) is 24.5. The summed E-state index contributed by atoms with van der Waals surface area (Å²) in [6.07, 6.45) is -4.31. The number of nitrogens with zero attached hydrogens (tertiary/aromatic N) is 2. The molecule has 0 bridgehead atoms. The molecule has 3 N–H and O–H groups in total. The average molecular weight is 628 g/mol. The first-order valence-corrected chi connectivity index (χ1v) is 14.7. The van der Waals surface area contributed by atoms with E-state index in [0.29, 0.717) is 17.3 Å². The predicted molar refractivity (Wildman–Crippen MR) is 167 cm³/mol. The number of hydrogen-bond acceptors (Lipinski definition) is 5. The molecule has 0 aliphatic carbocycles. The lowest BCUT2D eigenvalue weighted by molar-refractivity contribution is -0.274. The molecule has 1 atom stereocenters. The van der Waals surface area contributed by atoms with E-state index in [9.17, 15) is 27.6 Å². The van der Waals surface area contributed by atoms with E-state index >= 15 is 0 Å². The fourth-order valence-electron chi connectivity index (χ4n) is 4.51. The number of halogens is 3. The van der Waals surface area contributed by atoms with E-state index in [0.717, 1.165) is 34.5 Å². The number of hydrogen-bond donors (Lipinski definition) is 3. The Bertz CT molecular complexity index is 1540. The quantitative estimate of drug-likeness (QED) is 0.240. The Hall–Kier alpha value is -4.52. The van der Waals surface area contributed by atoms with Crippen LogP contribution in [0.4, 0.5) is 39.8 Å². The van der Waals surface area contributed by atoms with Crippen LogP contribution in [0, 0.1) is 6.92 Å². The van der Waals surface area contributed by atoms with Crippen molar-refractivity contribution >= 4 is 52.0 Å². The number of aliphatic imine (C=N–C) groups is 1. The minimum absolute atomic E-state index is 0.127. The molecule has 3 aromatic carbocycles. The highest BCUT2D eigenvalue weighted by Gasteiger charge is 2.33. The molecule has 1 aliphatic heterocycles. The number of carbonyl (C=O) groups excluding carboxylic acids is 3. The third-order valence-corrected chi connectivity index (χ3v) is 7.40. The van der Waals surface area contributed by atoms with Gasteiger partial charge in [0.2, 0.25) is 5.91 Å². The van der Waals surface area contributed by atoms with E-state index in [1.54, 1.807) is 24.3 Å². The van der Waals surface area contributed by atoms with Gasteiger partial charge >= 0.3 is 18.4 Å². The highest BCUT2D eigenvalue weighted by molar-refractivity contribution is 8.15. The van der Waals surface area contributed by atoms with Gasteiger partial charge in [-0.25, -0.2) is 9.59 Å². The molecule has 1 heterocycles. The SMILES string of the molecule is Cc1ccc(C(C)C)c(N2C(=O)CSC2=NC(=O)NC(C)Cc2ccc(NC(=O)Nc3ccc(OC(F)(F)F)cc3)cc2)c1. The number of anilines is 3. The number of ether oxygens (including phenoxy) is 1. The van der Waals surface area contributed by atoms with Crippen LogP contribution in [0.3, 0.4) is 0 Å². The maximum Gasteiger partial charge on any atom is 0.573 e. The first-order valence-electron chi connectivity index (χ1n) is 13.8. The molecule has 44 heavy (non-hydrogen) atoms. The first kappa shape index (κ1) is 32.4. The van der Waals surface area contributed by atoms with Crippen LogP contribution in [0.5, 0.6) is 5.75 Å². The molecule has 9 nitrogen and oxygen atoms in total. The molecule has 0 saturated carbocycles. The van der Waals surface area contributed by atoms with Gasteiger partial charge in [0.15, 0.2) is 5.17 Å². The Morgan fingerprint density at radius 1 is 0.977 bits per heavy atom. The predicted octanol–water partition coefficient (Wildman–Crippen LogP) is 7.44. The summed E-state index contributed by atoms with van der Waals surface area (Å²) in [5, 5.41) is 8.37. The summed E-state index contributed by atoms with van der Waals surface area (Å²) in [7, 11) is 0. The Labute approximate surface area is 257 Å². The van der Waals surface area contributed by atoms with Gasteiger partial charge in [0.1, 0.15) is 5.75 Å². The molecule has 1 saturated heterocycles. The van der Waals surface area contributed by atoms with E-state index in [-0.39, 0.29) is 29.3 Å². The summed E-state index contributed by atoms with van der Waals surface area (Å²) >= 11 is 1.23. The number of aryl methyl sites for hydroxylation is 1. The highest BCUT2D eigenvalue weighted by Crippen LogP contribution is 2.34. The number of alkyl halides is 3. The molecule has 5 amide bonds. The number of amidine groups is 1. The van der Waals surface area contributed by atoms with Crippen molar-refractivity contribution in [3.63, 3.8) is 0 Å². The molecule has 13 heteroatoms. The summed E-state index contributed by atoms with van der Waals surface area (Å²) in [6.45, 7) is 7.89. The minimum atomic E-state index is -4.80. The molecule has 0 spiro atoms. The number of carbonyl (C=O) groups is 3. The Balaban J connectivity index is 1.31. The molecule has 1 unspecified atom stereocenters. The molecule has 232 valence electrons. The number of urea groups is 2. The van der Waals surface area contributed by atoms with Gasteiger partial charge in [0.25, 0.3) is 0 Å². The number of amides is 5. The van der Waals surface area contributed by atoms with Gasteiger partial charge in [-0.15, -0.1) is 13.2 Å². The maximum absolute atomic E-state index is 12.8. The Kier molecular flexibility index (Phi) is 10.2. The molecule has 0 radical (unpaired) electrons. The second kappa shape index (κ2) is 13.8. The van der Waals surface area contributed by atoms with Gasteiger partial charge in [-0.1, -0.05) is 49.9 Å². The fourth-order valence-corrected chi connectivity index (χ4v) is 5.37. The molecule has 0 aromatic heterocycles. The van der Waals surface area contributed by atoms with E-state index < -0.39 is 24.2 Å². The van der Waals surface area contributed by atoms with E-state index in [4.69, 9.17) is 0 Å². The lowest BCUT2D eigenvalue weighted by Crippen LogP contribution is -2.35. The Morgan fingerprint density at radius 2 is 1.59 bits per heavy atom. The van der Waals surface area contributed by atoms with Crippen molar-refractivity contribution in [2.24, 2.45) is 4.99 Å². The van der Waals surface area contributed by atoms with Gasteiger partial charge in [0, 0.05) is 17.4 Å². The van der Waals surface area contributed by atoms with E-state index in [1.165, 1.54) is 28.8 Å². The summed E-state index contributed by atoms with van der Waals surface area (Å²) in [6, 6.07) is 16.3. The van der Waals surface area contributed by atoms with Gasteiger partial charge in [-0.05, 0) is 85.3 Å². The van der Waals surface area contributed by atoms with Crippen LogP contribution in [0.15, 0.2) is 71.7 Å². The number of nitrogens with one attached hydrogen (secondary N) is 3. The molecule has 1 fully saturated rings. The zero-order chi connectivity index (χ0) is 32.0. The average Bonchev–Trinajstić information content (AvgIpc) is 3.28. The zero-order valence-corrected chi connectivity index (χ0v) is 25.3. The molecule has 3 aromatic rings. The highest BCUT2D eigenvalue weighted by atomic mass is 32.2. The van der Waals surface area contributed by atoms with Crippen molar-refractivity contribution < 1.29 is 32.3 Å². The van der Waals surface area contributed by atoms with Crippen LogP contribution in [0.25, 0.3) is 0 Å². The fraction of sp³-hybridized carbons (Fsp3) is 0.290. The monoisotopic (exact) mass is 627 g/mol. The summed E-state index contributed by atoms with van der Waals surface area (Å²) in [5.74, 6) is -0.140. The van der Waals surface area contributed by atoms with Gasteiger partial charge in [0.05, 0.1) is 11.4 Å². The van der Waals surface area contributed by atoms with Crippen LogP contribution in [0.1, 0.15) is 43.4 Å².